The fraction of sp³-hybridized carbons (Fsp3) is 0.545. The number of anilines is 2. The molecule has 0 aromatic carbocycles. The van der Waals surface area contributed by atoms with Gasteiger partial charge in [0, 0.05) is 6.54 Å². The molecule has 1 amide bonds. The lowest BCUT2D eigenvalue weighted by Gasteiger charge is -2.11. The summed E-state index contributed by atoms with van der Waals surface area (Å²) in [6.07, 6.45) is 2.24. The minimum atomic E-state index is -0.503. The van der Waals surface area contributed by atoms with Crippen LogP contribution in [0.4, 0.5) is 11.5 Å². The van der Waals surface area contributed by atoms with Crippen LogP contribution in [-0.4, -0.2) is 42.2 Å². The molecule has 0 spiro atoms. The average Bonchev–Trinajstić information content (AvgIpc) is 2.38. The van der Waals surface area contributed by atoms with Crippen LogP contribution in [-0.2, 0) is 9.53 Å². The smallest absolute Gasteiger partial charge is 0.243 e. The first-order valence-electron chi connectivity index (χ1n) is 5.98. The van der Waals surface area contributed by atoms with Crippen LogP contribution in [0.25, 0.3) is 0 Å². The number of carbonyl (C=O) groups is 1. The zero-order valence-corrected chi connectivity index (χ0v) is 10.9. The zero-order valence-electron chi connectivity index (χ0n) is 10.9. The van der Waals surface area contributed by atoms with Crippen LogP contribution in [0.1, 0.15) is 13.3 Å². The summed E-state index contributed by atoms with van der Waals surface area (Å²) in [7, 11) is 0. The number of rotatable bonds is 9. The first-order valence-corrected chi connectivity index (χ1v) is 5.98. The van der Waals surface area contributed by atoms with Crippen molar-refractivity contribution in [3.63, 3.8) is 0 Å². The number of primary amides is 1. The number of carbonyl (C=O) groups excluding carboxylic acids is 1. The number of hydrogen-bond acceptors (Lipinski definition) is 7. The van der Waals surface area contributed by atoms with E-state index in [4.69, 9.17) is 20.9 Å². The van der Waals surface area contributed by atoms with E-state index in [1.165, 1.54) is 6.33 Å². The fourth-order valence-electron chi connectivity index (χ4n) is 1.25. The number of nitrogens with one attached hydrogen (secondary N) is 1. The summed E-state index contributed by atoms with van der Waals surface area (Å²) in [5, 5.41) is 2.97. The Kier molecular flexibility index (Phi) is 6.37. The monoisotopic (exact) mass is 269 g/mol. The highest BCUT2D eigenvalue weighted by molar-refractivity contribution is 5.75. The molecule has 0 saturated heterocycles. The molecule has 106 valence electrons. The van der Waals surface area contributed by atoms with Crippen molar-refractivity contribution in [3.8, 4) is 5.88 Å². The van der Waals surface area contributed by atoms with Gasteiger partial charge in [0.15, 0.2) is 5.82 Å². The maximum Gasteiger partial charge on any atom is 0.243 e. The summed E-state index contributed by atoms with van der Waals surface area (Å²) in [4.78, 5) is 18.4. The van der Waals surface area contributed by atoms with E-state index >= 15 is 0 Å². The second-order valence-corrected chi connectivity index (χ2v) is 3.74. The van der Waals surface area contributed by atoms with Crippen molar-refractivity contribution < 1.29 is 14.3 Å². The van der Waals surface area contributed by atoms with Gasteiger partial charge in [0.1, 0.15) is 18.6 Å². The topological polar surface area (TPSA) is 125 Å². The van der Waals surface area contributed by atoms with Crippen LogP contribution in [0.3, 0.4) is 0 Å². The van der Waals surface area contributed by atoms with Gasteiger partial charge in [0.2, 0.25) is 11.8 Å². The summed E-state index contributed by atoms with van der Waals surface area (Å²) in [5.41, 5.74) is 11.1. The molecule has 1 aromatic heterocycles. The lowest BCUT2D eigenvalue weighted by molar-refractivity contribution is -0.122. The lowest BCUT2D eigenvalue weighted by Crippen LogP contribution is -2.21. The van der Waals surface area contributed by atoms with Crippen molar-refractivity contribution in [1.29, 1.82) is 0 Å². The minimum absolute atomic E-state index is 0.105. The second-order valence-electron chi connectivity index (χ2n) is 3.74. The van der Waals surface area contributed by atoms with Gasteiger partial charge in [-0.2, -0.15) is 4.98 Å². The minimum Gasteiger partial charge on any atom is -0.476 e. The maximum atomic E-state index is 10.5. The number of nitrogen functional groups attached to an aromatic ring is 1. The van der Waals surface area contributed by atoms with Crippen LogP contribution >= 0.6 is 0 Å². The molecule has 1 aromatic rings. The first kappa shape index (κ1) is 15.0. The molecule has 19 heavy (non-hydrogen) atoms. The summed E-state index contributed by atoms with van der Waals surface area (Å²) in [6, 6.07) is 0. The quantitative estimate of drug-likeness (QED) is 0.528. The van der Waals surface area contributed by atoms with Crippen LogP contribution in [0.2, 0.25) is 0 Å². The van der Waals surface area contributed by atoms with Crippen LogP contribution in [0, 0.1) is 0 Å². The van der Waals surface area contributed by atoms with Crippen LogP contribution in [0.15, 0.2) is 6.33 Å². The van der Waals surface area contributed by atoms with Crippen molar-refractivity contribution >= 4 is 17.4 Å². The van der Waals surface area contributed by atoms with Crippen molar-refractivity contribution in [2.24, 2.45) is 5.73 Å². The highest BCUT2D eigenvalue weighted by atomic mass is 16.5. The van der Waals surface area contributed by atoms with Crippen LogP contribution in [0.5, 0.6) is 5.88 Å². The largest absolute Gasteiger partial charge is 0.476 e. The SMILES string of the molecule is CCCOc1ncnc(NCCOCC(N)=O)c1N. The van der Waals surface area contributed by atoms with Gasteiger partial charge in [-0.15, -0.1) is 0 Å². The second kappa shape index (κ2) is 8.09. The number of hydrogen-bond donors (Lipinski definition) is 3. The lowest BCUT2D eigenvalue weighted by atomic mass is 10.4. The molecule has 0 fully saturated rings. The van der Waals surface area contributed by atoms with Crippen molar-refractivity contribution in [2.75, 3.05) is 37.4 Å². The molecular formula is C11H19N5O3. The Balaban J connectivity index is 2.42. The molecule has 0 aliphatic carbocycles. The van der Waals surface area contributed by atoms with Gasteiger partial charge >= 0.3 is 0 Å². The molecule has 0 radical (unpaired) electrons. The molecule has 8 nitrogen and oxygen atoms in total. The van der Waals surface area contributed by atoms with E-state index in [-0.39, 0.29) is 6.61 Å². The van der Waals surface area contributed by atoms with Gasteiger partial charge < -0.3 is 26.3 Å². The molecule has 0 aliphatic rings. The Bertz CT molecular complexity index is 413. The van der Waals surface area contributed by atoms with Gasteiger partial charge in [-0.1, -0.05) is 6.92 Å². The molecule has 0 aliphatic heterocycles. The molecule has 1 heterocycles. The van der Waals surface area contributed by atoms with Gasteiger partial charge in [0.05, 0.1) is 13.2 Å². The van der Waals surface area contributed by atoms with E-state index in [1.54, 1.807) is 0 Å². The maximum absolute atomic E-state index is 10.5. The van der Waals surface area contributed by atoms with Gasteiger partial charge in [0.25, 0.3) is 0 Å². The van der Waals surface area contributed by atoms with Gasteiger partial charge in [-0.05, 0) is 6.42 Å². The van der Waals surface area contributed by atoms with Crippen molar-refractivity contribution in [2.45, 2.75) is 13.3 Å². The summed E-state index contributed by atoms with van der Waals surface area (Å²) >= 11 is 0. The Morgan fingerprint density at radius 2 is 2.21 bits per heavy atom. The third-order valence-electron chi connectivity index (χ3n) is 2.07. The van der Waals surface area contributed by atoms with E-state index in [0.717, 1.165) is 6.42 Å². The fourth-order valence-corrected chi connectivity index (χ4v) is 1.25. The molecule has 0 saturated carbocycles. The van der Waals surface area contributed by atoms with E-state index < -0.39 is 5.91 Å². The predicted octanol–water partition coefficient (Wildman–Crippen LogP) is -0.239. The van der Waals surface area contributed by atoms with E-state index in [0.29, 0.717) is 37.1 Å². The van der Waals surface area contributed by atoms with Crippen molar-refractivity contribution in [1.82, 2.24) is 9.97 Å². The molecule has 0 unspecified atom stereocenters. The highest BCUT2D eigenvalue weighted by Crippen LogP contribution is 2.24. The average molecular weight is 269 g/mol. The highest BCUT2D eigenvalue weighted by Gasteiger charge is 2.08. The van der Waals surface area contributed by atoms with Gasteiger partial charge in [-0.3, -0.25) is 4.79 Å². The Morgan fingerprint density at radius 1 is 1.42 bits per heavy atom. The number of amides is 1. The molecular weight excluding hydrogens is 250 g/mol. The number of nitrogens with two attached hydrogens (primary N) is 2. The standard InChI is InChI=1S/C11H19N5O3/c1-2-4-19-11-9(13)10(15-7-16-11)14-3-5-18-6-8(12)17/h7H,2-6,13H2,1H3,(H2,12,17)(H,14,15,16). The predicted molar refractivity (Wildman–Crippen MR) is 70.7 cm³/mol. The van der Waals surface area contributed by atoms with E-state index in [2.05, 4.69) is 15.3 Å². The Morgan fingerprint density at radius 3 is 2.89 bits per heavy atom. The number of nitrogens with zero attached hydrogens (tertiary/aromatic N) is 2. The summed E-state index contributed by atoms with van der Waals surface area (Å²) < 4.78 is 10.4. The van der Waals surface area contributed by atoms with E-state index in [9.17, 15) is 4.79 Å². The third kappa shape index (κ3) is 5.38. The summed E-state index contributed by atoms with van der Waals surface area (Å²) in [5.74, 6) is 0.331. The Labute approximate surface area is 111 Å². The summed E-state index contributed by atoms with van der Waals surface area (Å²) in [6.45, 7) is 3.19. The Hall–Kier alpha value is -2.09. The van der Waals surface area contributed by atoms with Crippen molar-refractivity contribution in [3.05, 3.63) is 6.33 Å². The molecule has 8 heteroatoms. The van der Waals surface area contributed by atoms with Crippen LogP contribution < -0.4 is 21.5 Å². The van der Waals surface area contributed by atoms with Gasteiger partial charge in [-0.25, -0.2) is 4.98 Å². The zero-order chi connectivity index (χ0) is 14.1. The first-order chi connectivity index (χ1) is 9.15. The third-order valence-corrected chi connectivity index (χ3v) is 2.07. The normalized spacial score (nSPS) is 10.2. The molecule has 5 N–H and O–H groups in total. The number of aromatic nitrogens is 2. The molecule has 0 atom stereocenters. The molecule has 0 bridgehead atoms. The van der Waals surface area contributed by atoms with E-state index in [1.807, 2.05) is 6.92 Å². The molecule has 1 rings (SSSR count). The number of ether oxygens (including phenoxy) is 2.